The summed E-state index contributed by atoms with van der Waals surface area (Å²) in [5, 5.41) is 3.37. The van der Waals surface area contributed by atoms with Crippen molar-refractivity contribution in [2.24, 2.45) is 0 Å². The minimum absolute atomic E-state index is 0.0638. The third kappa shape index (κ3) is 7.58. The minimum atomic E-state index is -4.11. The van der Waals surface area contributed by atoms with Gasteiger partial charge in [-0.05, 0) is 68.3 Å². The third-order valence-corrected chi connectivity index (χ3v) is 8.50. The van der Waals surface area contributed by atoms with Crippen LogP contribution in [0, 0.1) is 6.92 Å². The van der Waals surface area contributed by atoms with Gasteiger partial charge in [-0.1, -0.05) is 70.3 Å². The molecule has 10 heteroatoms. The van der Waals surface area contributed by atoms with E-state index in [2.05, 4.69) is 21.2 Å². The molecular weight excluding hydrogens is 590 g/mol. The molecule has 0 heterocycles. The Labute approximate surface area is 238 Å². The van der Waals surface area contributed by atoms with E-state index in [0.717, 1.165) is 21.9 Å². The van der Waals surface area contributed by atoms with Crippen LogP contribution in [0.15, 0.2) is 82.2 Å². The summed E-state index contributed by atoms with van der Waals surface area (Å²) < 4.78 is 29.3. The Morgan fingerprint density at radius 3 is 2.29 bits per heavy atom. The smallest absolute Gasteiger partial charge is 0.264 e. The number of benzene rings is 3. The van der Waals surface area contributed by atoms with Gasteiger partial charge in [0.05, 0.1) is 10.6 Å². The van der Waals surface area contributed by atoms with Crippen LogP contribution >= 0.6 is 27.5 Å². The highest BCUT2D eigenvalue weighted by Crippen LogP contribution is 2.27. The van der Waals surface area contributed by atoms with Crippen LogP contribution in [0.2, 0.25) is 5.02 Å². The Morgan fingerprint density at radius 2 is 1.68 bits per heavy atom. The summed E-state index contributed by atoms with van der Waals surface area (Å²) in [5.74, 6) is -0.834. The van der Waals surface area contributed by atoms with Gasteiger partial charge in [0.15, 0.2) is 0 Å². The molecular formula is C28H31BrClN3O4S. The number of anilines is 1. The van der Waals surface area contributed by atoms with E-state index >= 15 is 0 Å². The van der Waals surface area contributed by atoms with Crippen LogP contribution in [0.5, 0.6) is 0 Å². The van der Waals surface area contributed by atoms with Crippen LogP contribution in [-0.4, -0.2) is 44.3 Å². The molecule has 0 spiro atoms. The van der Waals surface area contributed by atoms with Gasteiger partial charge in [0.25, 0.3) is 10.0 Å². The van der Waals surface area contributed by atoms with Crippen LogP contribution < -0.4 is 9.62 Å². The maximum atomic E-state index is 13.8. The summed E-state index contributed by atoms with van der Waals surface area (Å²) in [4.78, 5) is 28.2. The second-order valence-corrected chi connectivity index (χ2v) is 12.1. The van der Waals surface area contributed by atoms with Gasteiger partial charge in [-0.15, -0.1) is 0 Å². The van der Waals surface area contributed by atoms with Gasteiger partial charge in [0, 0.05) is 22.6 Å². The van der Waals surface area contributed by atoms with Crippen LogP contribution in [0.3, 0.4) is 0 Å². The molecule has 38 heavy (non-hydrogen) atoms. The number of nitrogens with zero attached hydrogens (tertiary/aromatic N) is 2. The number of amides is 2. The molecule has 0 aliphatic carbocycles. The zero-order valence-electron chi connectivity index (χ0n) is 21.5. The number of aryl methyl sites for hydroxylation is 1. The number of nitrogens with one attached hydrogen (secondary N) is 1. The summed E-state index contributed by atoms with van der Waals surface area (Å²) >= 11 is 9.42. The number of hydrogen-bond donors (Lipinski definition) is 1. The molecule has 202 valence electrons. The predicted octanol–water partition coefficient (Wildman–Crippen LogP) is 5.55. The van der Waals surface area contributed by atoms with Crippen molar-refractivity contribution in [3.05, 3.63) is 93.4 Å². The molecule has 0 aromatic heterocycles. The van der Waals surface area contributed by atoms with Crippen LogP contribution in [0.4, 0.5) is 5.69 Å². The number of rotatable bonds is 11. The molecule has 0 aliphatic rings. The third-order valence-electron chi connectivity index (χ3n) is 5.97. The van der Waals surface area contributed by atoms with E-state index in [0.29, 0.717) is 21.7 Å². The molecule has 0 fully saturated rings. The van der Waals surface area contributed by atoms with Gasteiger partial charge in [-0.25, -0.2) is 8.42 Å². The lowest BCUT2D eigenvalue weighted by Gasteiger charge is -2.32. The average Bonchev–Trinajstić information content (AvgIpc) is 2.89. The molecule has 1 N–H and O–H groups in total. The summed E-state index contributed by atoms with van der Waals surface area (Å²) in [6, 6.07) is 19.3. The van der Waals surface area contributed by atoms with Crippen LogP contribution in [-0.2, 0) is 26.2 Å². The van der Waals surface area contributed by atoms with E-state index in [1.807, 2.05) is 13.8 Å². The summed E-state index contributed by atoms with van der Waals surface area (Å²) in [7, 11) is -4.11. The first-order chi connectivity index (χ1) is 18.0. The van der Waals surface area contributed by atoms with Gasteiger partial charge in [0.1, 0.15) is 12.6 Å². The lowest BCUT2D eigenvalue weighted by atomic mass is 10.1. The first-order valence-corrected chi connectivity index (χ1v) is 14.8. The second kappa shape index (κ2) is 13.3. The highest BCUT2D eigenvalue weighted by atomic mass is 79.9. The number of halogens is 2. The van der Waals surface area contributed by atoms with Crippen molar-refractivity contribution in [2.75, 3.05) is 17.4 Å². The monoisotopic (exact) mass is 619 g/mol. The van der Waals surface area contributed by atoms with Crippen LogP contribution in [0.1, 0.15) is 31.4 Å². The molecule has 2 amide bonds. The molecule has 0 bridgehead atoms. The molecule has 3 aromatic rings. The fourth-order valence-electron chi connectivity index (χ4n) is 3.76. The van der Waals surface area contributed by atoms with Gasteiger partial charge >= 0.3 is 0 Å². The summed E-state index contributed by atoms with van der Waals surface area (Å²) in [6.45, 7) is 5.52. The van der Waals surface area contributed by atoms with Gasteiger partial charge in [-0.2, -0.15) is 0 Å². The van der Waals surface area contributed by atoms with Gasteiger partial charge in [0.2, 0.25) is 11.8 Å². The molecule has 3 aromatic carbocycles. The van der Waals surface area contributed by atoms with Crippen molar-refractivity contribution in [3.63, 3.8) is 0 Å². The van der Waals surface area contributed by atoms with Crippen molar-refractivity contribution in [2.45, 2.75) is 44.7 Å². The topological polar surface area (TPSA) is 86.8 Å². The minimum Gasteiger partial charge on any atom is -0.354 e. The van der Waals surface area contributed by atoms with Crippen molar-refractivity contribution >= 4 is 55.1 Å². The van der Waals surface area contributed by atoms with E-state index in [1.165, 1.54) is 17.0 Å². The maximum Gasteiger partial charge on any atom is 0.264 e. The number of carbonyl (C=O) groups is 2. The molecule has 0 aliphatic heterocycles. The predicted molar refractivity (Wildman–Crippen MR) is 155 cm³/mol. The van der Waals surface area contributed by atoms with E-state index in [9.17, 15) is 18.0 Å². The van der Waals surface area contributed by atoms with Crippen molar-refractivity contribution in [1.82, 2.24) is 10.2 Å². The zero-order valence-corrected chi connectivity index (χ0v) is 24.7. The van der Waals surface area contributed by atoms with Gasteiger partial charge in [-0.3, -0.25) is 13.9 Å². The van der Waals surface area contributed by atoms with E-state index in [4.69, 9.17) is 11.6 Å². The van der Waals surface area contributed by atoms with Crippen LogP contribution in [0.25, 0.3) is 0 Å². The van der Waals surface area contributed by atoms with Gasteiger partial charge < -0.3 is 10.2 Å². The Bertz CT molecular complexity index is 1370. The lowest BCUT2D eigenvalue weighted by Crippen LogP contribution is -2.51. The molecule has 0 radical (unpaired) electrons. The van der Waals surface area contributed by atoms with Crippen molar-refractivity contribution in [3.8, 4) is 0 Å². The SMILES string of the molecule is CCCNC(=O)[C@H](C)N(Cc1ccc(Cl)cc1)C(=O)CN(c1cccc(Br)c1)S(=O)(=O)c1ccc(C)cc1. The van der Waals surface area contributed by atoms with E-state index < -0.39 is 28.5 Å². The average molecular weight is 621 g/mol. The normalized spacial score (nSPS) is 12.0. The van der Waals surface area contributed by atoms with E-state index in [1.54, 1.807) is 67.6 Å². The molecule has 1 atom stereocenters. The fourth-order valence-corrected chi connectivity index (χ4v) is 5.68. The second-order valence-electron chi connectivity index (χ2n) is 8.92. The number of hydrogen-bond acceptors (Lipinski definition) is 4. The summed E-state index contributed by atoms with van der Waals surface area (Å²) in [6.07, 6.45) is 0.745. The highest BCUT2D eigenvalue weighted by Gasteiger charge is 2.32. The lowest BCUT2D eigenvalue weighted by molar-refractivity contribution is -0.139. The Hall–Kier alpha value is -2.88. The maximum absolute atomic E-state index is 13.8. The fraction of sp³-hybridized carbons (Fsp3) is 0.286. The first kappa shape index (κ1) is 29.7. The Kier molecular flexibility index (Phi) is 10.4. The molecule has 0 saturated carbocycles. The number of carbonyl (C=O) groups excluding carboxylic acids is 2. The first-order valence-electron chi connectivity index (χ1n) is 12.2. The summed E-state index contributed by atoms with van der Waals surface area (Å²) in [5.41, 5.74) is 1.99. The molecule has 0 unspecified atom stereocenters. The quantitative estimate of drug-likeness (QED) is 0.305. The Morgan fingerprint density at radius 1 is 1.03 bits per heavy atom. The largest absolute Gasteiger partial charge is 0.354 e. The number of sulfonamides is 1. The van der Waals surface area contributed by atoms with E-state index in [-0.39, 0.29) is 17.3 Å². The molecule has 7 nitrogen and oxygen atoms in total. The zero-order chi connectivity index (χ0) is 27.9. The van der Waals surface area contributed by atoms with Crippen molar-refractivity contribution < 1.29 is 18.0 Å². The highest BCUT2D eigenvalue weighted by molar-refractivity contribution is 9.10. The standard InChI is InChI=1S/C28H31BrClN3O4S/c1-4-16-31-28(35)21(3)32(18-22-10-12-24(30)13-11-22)27(34)19-33(25-7-5-6-23(29)17-25)38(36,37)26-14-8-20(2)9-15-26/h5-15,17,21H,4,16,18-19H2,1-3H3,(H,31,35)/t21-/m0/s1. The molecule has 3 rings (SSSR count). The molecule has 0 saturated heterocycles. The Balaban J connectivity index is 2.01. The van der Waals surface area contributed by atoms with Crippen molar-refractivity contribution in [1.29, 1.82) is 0 Å².